The summed E-state index contributed by atoms with van der Waals surface area (Å²) in [5, 5.41) is 3.12. The molecule has 5 aromatic rings. The quantitative estimate of drug-likeness (QED) is 0.105. The summed E-state index contributed by atoms with van der Waals surface area (Å²) >= 11 is 0. The van der Waals surface area contributed by atoms with Crippen LogP contribution in [0.1, 0.15) is 125 Å². The van der Waals surface area contributed by atoms with Gasteiger partial charge in [0.2, 0.25) is 0 Å². The molecule has 4 atom stereocenters. The van der Waals surface area contributed by atoms with Crippen LogP contribution in [0.25, 0.3) is 44.3 Å². The number of hydrogen-bond donors (Lipinski definition) is 3. The number of aromatic nitrogens is 4. The number of ketones is 1. The molecule has 3 aromatic carbocycles. The van der Waals surface area contributed by atoms with Crippen molar-refractivity contribution in [1.82, 2.24) is 35.1 Å². The number of aromatic amines is 2. The summed E-state index contributed by atoms with van der Waals surface area (Å²) in [5.41, 5.74) is -1.19. The van der Waals surface area contributed by atoms with Crippen molar-refractivity contribution >= 4 is 45.9 Å². The number of rotatable bonds is 13. The highest BCUT2D eigenvalue weighted by Gasteiger charge is 2.62. The monoisotopic (exact) mass is 909 g/mol. The Balaban J connectivity index is 1.14. The molecular weight excluding hydrogens is 845 g/mol. The molecule has 0 spiro atoms. The highest BCUT2D eigenvalue weighted by atomic mass is 19.1. The molecule has 2 aliphatic carbocycles. The lowest BCUT2D eigenvalue weighted by Gasteiger charge is -2.38. The molecule has 15 heteroatoms. The van der Waals surface area contributed by atoms with Gasteiger partial charge in [-0.1, -0.05) is 79.7 Å². The van der Waals surface area contributed by atoms with Gasteiger partial charge in [-0.2, -0.15) is 0 Å². The Labute approximate surface area is 385 Å². The molecule has 0 saturated heterocycles. The molecule has 7 rings (SSSR count). The van der Waals surface area contributed by atoms with E-state index in [9.17, 15) is 19.2 Å². The Morgan fingerprint density at radius 3 is 1.48 bits per heavy atom. The number of hydrogen-bond acceptors (Lipinski definition) is 8. The average molecular weight is 910 g/mol. The molecule has 2 heterocycles. The Kier molecular flexibility index (Phi) is 12.0. The molecular formula is C51H65F2N7O6. The summed E-state index contributed by atoms with van der Waals surface area (Å²) in [6, 6.07) is 12.3. The van der Waals surface area contributed by atoms with E-state index in [1.807, 2.05) is 55.4 Å². The third-order valence-corrected chi connectivity index (χ3v) is 14.4. The highest BCUT2D eigenvalue weighted by Crippen LogP contribution is 2.57. The maximum absolute atomic E-state index is 16.0. The van der Waals surface area contributed by atoms with Crippen LogP contribution in [0.3, 0.4) is 0 Å². The van der Waals surface area contributed by atoms with Crippen molar-refractivity contribution in [1.29, 1.82) is 0 Å². The first-order chi connectivity index (χ1) is 30.5. The van der Waals surface area contributed by atoms with E-state index in [2.05, 4.69) is 15.3 Å². The number of ether oxygens (including phenoxy) is 2. The Morgan fingerprint density at radius 2 is 1.08 bits per heavy atom. The van der Waals surface area contributed by atoms with Crippen molar-refractivity contribution in [3.05, 3.63) is 71.8 Å². The van der Waals surface area contributed by atoms with E-state index in [0.29, 0.717) is 50.4 Å². The second kappa shape index (κ2) is 16.5. The van der Waals surface area contributed by atoms with Crippen molar-refractivity contribution in [2.75, 3.05) is 28.2 Å². The fourth-order valence-electron chi connectivity index (χ4n) is 8.65. The fraction of sp³-hybridized carbons (Fsp3) is 0.529. The first-order valence-corrected chi connectivity index (χ1v) is 22.6. The average Bonchev–Trinajstić information content (AvgIpc) is 4.08. The molecule has 2 aliphatic rings. The molecule has 2 unspecified atom stereocenters. The summed E-state index contributed by atoms with van der Waals surface area (Å²) in [4.78, 5) is 72.7. The summed E-state index contributed by atoms with van der Waals surface area (Å²) in [7, 11) is 6.31. The lowest BCUT2D eigenvalue weighted by molar-refractivity contribution is -0.148. The second-order valence-electron chi connectivity index (χ2n) is 22.1. The molecule has 2 fully saturated rings. The van der Waals surface area contributed by atoms with Crippen LogP contribution in [0.2, 0.25) is 0 Å². The van der Waals surface area contributed by atoms with Crippen LogP contribution in [0.15, 0.2) is 48.5 Å². The van der Waals surface area contributed by atoms with Crippen molar-refractivity contribution in [2.45, 2.75) is 125 Å². The van der Waals surface area contributed by atoms with Gasteiger partial charge in [-0.25, -0.2) is 28.3 Å². The molecule has 66 heavy (non-hydrogen) atoms. The molecule has 3 amide bonds. The van der Waals surface area contributed by atoms with Crippen LogP contribution in [-0.4, -0.2) is 93.0 Å². The van der Waals surface area contributed by atoms with Crippen molar-refractivity contribution < 1.29 is 37.4 Å². The van der Waals surface area contributed by atoms with Crippen LogP contribution >= 0.6 is 0 Å². The van der Waals surface area contributed by atoms with Gasteiger partial charge in [-0.15, -0.1) is 0 Å². The van der Waals surface area contributed by atoms with Gasteiger partial charge in [-0.3, -0.25) is 9.59 Å². The number of benzene rings is 3. The van der Waals surface area contributed by atoms with Gasteiger partial charge >= 0.3 is 12.2 Å². The molecule has 0 bridgehead atoms. The SMILES string of the molecule is CN(C)C(=O)OC(C)(C(=O)C[C@H](c1nc2cc(-c3ccc(-c4cc5nc([C@@H](NC(=O)C(C)(OC(=O)N(C)C)C6(C)CC6)C(C)(C)C)[nH]c5cc4F)cc3)c(F)cc2[nH]1)C(C)(C)C)C1(C)CC1. The van der Waals surface area contributed by atoms with Crippen LogP contribution < -0.4 is 5.32 Å². The number of nitrogens with zero attached hydrogens (tertiary/aromatic N) is 4. The third-order valence-electron chi connectivity index (χ3n) is 14.4. The number of imidazole rings is 2. The number of amides is 3. The minimum Gasteiger partial charge on any atom is -0.434 e. The van der Waals surface area contributed by atoms with Crippen LogP contribution in [0, 0.1) is 33.3 Å². The number of carbonyl (C=O) groups excluding carboxylic acids is 4. The fourth-order valence-corrected chi connectivity index (χ4v) is 8.65. The van der Waals surface area contributed by atoms with Crippen molar-refractivity contribution in [3.63, 3.8) is 0 Å². The zero-order valence-corrected chi connectivity index (χ0v) is 40.8. The lowest BCUT2D eigenvalue weighted by Crippen LogP contribution is -2.56. The van der Waals surface area contributed by atoms with Gasteiger partial charge in [-0.05, 0) is 73.6 Å². The summed E-state index contributed by atoms with van der Waals surface area (Å²) in [6.45, 7) is 19.2. The number of nitrogens with one attached hydrogen (secondary N) is 3. The predicted octanol–water partition coefficient (Wildman–Crippen LogP) is 10.9. The molecule has 3 N–H and O–H groups in total. The largest absolute Gasteiger partial charge is 0.434 e. The summed E-state index contributed by atoms with van der Waals surface area (Å²) in [6.07, 6.45) is 1.84. The minimum absolute atomic E-state index is 0.0531. The van der Waals surface area contributed by atoms with Gasteiger partial charge in [0.15, 0.2) is 17.0 Å². The van der Waals surface area contributed by atoms with E-state index in [1.54, 1.807) is 78.4 Å². The van der Waals surface area contributed by atoms with Crippen LogP contribution in [-0.2, 0) is 19.1 Å². The standard InChI is InChI=1S/C51H65F2N7O6/c1-46(2,3)32(25-39(61)50(9,48(7)19-20-48)65-44(63)59(11)12)41-54-35-23-30(33(52)26-37(35)55-41)28-15-17-29(18-16-28)31-24-36-38(27-34(31)53)57-42(56-36)40(47(4,5)6)58-43(62)51(10,49(8)21-22-49)66-45(64)60(13)14/h15-18,23-24,26-27,32,40H,19-22,25H2,1-14H3,(H,54,55)(H,56,57)(H,58,62)/t32-,40-,50?,51?/m1/s1. The third kappa shape index (κ3) is 8.89. The first-order valence-electron chi connectivity index (χ1n) is 22.6. The van der Waals surface area contributed by atoms with Crippen molar-refractivity contribution in [2.24, 2.45) is 21.7 Å². The maximum Gasteiger partial charge on any atom is 0.410 e. The summed E-state index contributed by atoms with van der Waals surface area (Å²) in [5.74, 6) is -1.09. The molecule has 2 aromatic heterocycles. The van der Waals surface area contributed by atoms with E-state index >= 15 is 8.78 Å². The number of halogens is 2. The van der Waals surface area contributed by atoms with Crippen LogP contribution in [0.4, 0.5) is 18.4 Å². The van der Waals surface area contributed by atoms with Gasteiger partial charge in [0.05, 0.1) is 28.1 Å². The maximum atomic E-state index is 16.0. The molecule has 354 valence electrons. The number of Topliss-reactive ketones (excluding diaryl/α,β-unsaturated/α-hetero) is 1. The Bertz CT molecular complexity index is 2530. The number of H-pyrrole nitrogens is 2. The molecule has 0 aliphatic heterocycles. The Hall–Kier alpha value is -5.86. The molecule has 0 radical (unpaired) electrons. The van der Waals surface area contributed by atoms with Crippen LogP contribution in [0.5, 0.6) is 0 Å². The van der Waals surface area contributed by atoms with Gasteiger partial charge in [0, 0.05) is 74.6 Å². The molecule has 2 saturated carbocycles. The van der Waals surface area contributed by atoms with Gasteiger partial charge in [0.25, 0.3) is 5.91 Å². The van der Waals surface area contributed by atoms with Gasteiger partial charge in [0.1, 0.15) is 23.3 Å². The second-order valence-corrected chi connectivity index (χ2v) is 22.1. The Morgan fingerprint density at radius 1 is 0.667 bits per heavy atom. The minimum atomic E-state index is -1.44. The zero-order chi connectivity index (χ0) is 48.7. The molecule has 13 nitrogen and oxygen atoms in total. The van der Waals surface area contributed by atoms with E-state index in [0.717, 1.165) is 25.7 Å². The highest BCUT2D eigenvalue weighted by molar-refractivity contribution is 5.92. The van der Waals surface area contributed by atoms with E-state index in [1.165, 1.54) is 21.9 Å². The summed E-state index contributed by atoms with van der Waals surface area (Å²) < 4.78 is 43.7. The smallest absolute Gasteiger partial charge is 0.410 e. The topological polar surface area (TPSA) is 163 Å². The van der Waals surface area contributed by atoms with Gasteiger partial charge < -0.3 is 34.6 Å². The number of fused-ring (bicyclic) bond motifs is 2. The normalized spacial score (nSPS) is 18.1. The zero-order valence-electron chi connectivity index (χ0n) is 40.8. The first kappa shape index (κ1) is 48.1. The van der Waals surface area contributed by atoms with Crippen molar-refractivity contribution in [3.8, 4) is 22.3 Å². The predicted molar refractivity (Wildman–Crippen MR) is 251 cm³/mol. The number of carbonyl (C=O) groups is 4. The van der Waals surface area contributed by atoms with E-state index in [4.69, 9.17) is 19.4 Å². The lowest BCUT2D eigenvalue weighted by atomic mass is 9.73. The van der Waals surface area contributed by atoms with E-state index in [-0.39, 0.29) is 17.8 Å². The van der Waals surface area contributed by atoms with E-state index < -0.39 is 74.5 Å².